The molecule has 3 heteroatoms. The van der Waals surface area contributed by atoms with Crippen LogP contribution in [0.15, 0.2) is 59.7 Å². The van der Waals surface area contributed by atoms with E-state index in [9.17, 15) is 4.79 Å². The van der Waals surface area contributed by atoms with E-state index in [4.69, 9.17) is 0 Å². The van der Waals surface area contributed by atoms with Crippen LogP contribution in [-0.2, 0) is 4.79 Å². The van der Waals surface area contributed by atoms with E-state index in [0.717, 1.165) is 67.7 Å². The molecule has 0 saturated heterocycles. The molecule has 164 valence electrons. The van der Waals surface area contributed by atoms with Crippen LogP contribution in [0.5, 0.6) is 0 Å². The van der Waals surface area contributed by atoms with Gasteiger partial charge in [-0.3, -0.25) is 4.79 Å². The maximum absolute atomic E-state index is 13.1. The van der Waals surface area contributed by atoms with Gasteiger partial charge in [0, 0.05) is 48.7 Å². The molecule has 2 aromatic rings. The molecule has 1 aliphatic carbocycles. The van der Waals surface area contributed by atoms with Gasteiger partial charge in [-0.25, -0.2) is 0 Å². The minimum atomic E-state index is 0.201. The predicted octanol–water partition coefficient (Wildman–Crippen LogP) is 6.60. The van der Waals surface area contributed by atoms with E-state index in [2.05, 4.69) is 98.2 Å². The number of carbonyl (C=O) groups is 1. The van der Waals surface area contributed by atoms with E-state index < -0.39 is 0 Å². The van der Waals surface area contributed by atoms with E-state index >= 15 is 0 Å². The second kappa shape index (κ2) is 11.0. The molecule has 3 nitrogen and oxygen atoms in total. The highest BCUT2D eigenvalue weighted by molar-refractivity contribution is 6.14. The summed E-state index contributed by atoms with van der Waals surface area (Å²) in [4.78, 5) is 17.8. The molecule has 0 N–H and O–H groups in total. The molecule has 1 fully saturated rings. The van der Waals surface area contributed by atoms with Crippen LogP contribution in [0.1, 0.15) is 58.1 Å². The molecular formula is C28H36N2O. The van der Waals surface area contributed by atoms with Crippen molar-refractivity contribution in [3.63, 3.8) is 0 Å². The molecule has 2 aromatic carbocycles. The lowest BCUT2D eigenvalue weighted by Gasteiger charge is -2.21. The van der Waals surface area contributed by atoms with Gasteiger partial charge in [0.15, 0.2) is 5.78 Å². The van der Waals surface area contributed by atoms with Gasteiger partial charge in [0.05, 0.1) is 0 Å². The average molecular weight is 417 g/mol. The van der Waals surface area contributed by atoms with Gasteiger partial charge in [0.1, 0.15) is 0 Å². The lowest BCUT2D eigenvalue weighted by atomic mass is 9.87. The van der Waals surface area contributed by atoms with E-state index in [-0.39, 0.29) is 5.78 Å². The minimum Gasteiger partial charge on any atom is -0.372 e. The first kappa shape index (κ1) is 22.9. The Morgan fingerprint density at radius 3 is 1.32 bits per heavy atom. The molecule has 0 heterocycles. The molecule has 0 unspecified atom stereocenters. The number of hydrogen-bond acceptors (Lipinski definition) is 3. The van der Waals surface area contributed by atoms with Crippen molar-refractivity contribution in [3.05, 3.63) is 70.8 Å². The van der Waals surface area contributed by atoms with Crippen LogP contribution in [0.4, 0.5) is 11.4 Å². The summed E-state index contributed by atoms with van der Waals surface area (Å²) in [5.74, 6) is 0.201. The Morgan fingerprint density at radius 1 is 0.645 bits per heavy atom. The lowest BCUT2D eigenvalue weighted by Crippen LogP contribution is -2.21. The quantitative estimate of drug-likeness (QED) is 0.453. The van der Waals surface area contributed by atoms with Crippen LogP contribution >= 0.6 is 0 Å². The van der Waals surface area contributed by atoms with Gasteiger partial charge in [0.25, 0.3) is 0 Å². The first-order chi connectivity index (χ1) is 15.1. The number of rotatable bonds is 8. The highest BCUT2D eigenvalue weighted by Crippen LogP contribution is 2.29. The molecule has 0 radical (unpaired) electrons. The third-order valence-electron chi connectivity index (χ3n) is 6.20. The van der Waals surface area contributed by atoms with Gasteiger partial charge < -0.3 is 9.80 Å². The zero-order chi connectivity index (χ0) is 22.2. The monoisotopic (exact) mass is 416 g/mol. The predicted molar refractivity (Wildman–Crippen MR) is 135 cm³/mol. The van der Waals surface area contributed by atoms with Crippen molar-refractivity contribution < 1.29 is 4.79 Å². The normalized spacial score (nSPS) is 16.7. The van der Waals surface area contributed by atoms with Crippen molar-refractivity contribution in [1.29, 1.82) is 0 Å². The van der Waals surface area contributed by atoms with E-state index in [0.29, 0.717) is 0 Å². The molecule has 0 bridgehead atoms. The number of carbonyl (C=O) groups excluding carboxylic acids is 1. The van der Waals surface area contributed by atoms with Gasteiger partial charge in [-0.1, -0.05) is 24.3 Å². The fourth-order valence-electron chi connectivity index (χ4n) is 4.32. The van der Waals surface area contributed by atoms with Crippen LogP contribution in [0.3, 0.4) is 0 Å². The van der Waals surface area contributed by atoms with Crippen LogP contribution in [0.25, 0.3) is 12.2 Å². The molecular weight excluding hydrogens is 380 g/mol. The number of Topliss-reactive ketones (excluding diaryl/α,β-unsaturated/α-hetero) is 1. The molecule has 0 amide bonds. The standard InChI is InChI=1S/C28H36N2O/c1-5-29(6-2)26-16-12-22(13-17-26)20-24-10-9-11-25(28(24)31)21-23-14-18-27(19-15-23)30(7-3)8-4/h12-21H,5-11H2,1-4H3/b24-20-,25-21-. The summed E-state index contributed by atoms with van der Waals surface area (Å²) in [7, 11) is 0. The van der Waals surface area contributed by atoms with Crippen molar-refractivity contribution >= 4 is 29.3 Å². The Bertz CT molecular complexity index is 839. The van der Waals surface area contributed by atoms with Gasteiger partial charge >= 0.3 is 0 Å². The second-order valence-electron chi connectivity index (χ2n) is 8.05. The van der Waals surface area contributed by atoms with E-state index in [1.165, 1.54) is 11.4 Å². The zero-order valence-electron chi connectivity index (χ0n) is 19.5. The zero-order valence-corrected chi connectivity index (χ0v) is 19.5. The maximum atomic E-state index is 13.1. The van der Waals surface area contributed by atoms with Gasteiger partial charge in [-0.05, 0) is 94.5 Å². The van der Waals surface area contributed by atoms with Crippen molar-refractivity contribution in [1.82, 2.24) is 0 Å². The third-order valence-corrected chi connectivity index (χ3v) is 6.20. The lowest BCUT2D eigenvalue weighted by molar-refractivity contribution is -0.112. The first-order valence-electron chi connectivity index (χ1n) is 11.7. The molecule has 3 rings (SSSR count). The van der Waals surface area contributed by atoms with Crippen molar-refractivity contribution in [2.45, 2.75) is 47.0 Å². The highest BCUT2D eigenvalue weighted by Gasteiger charge is 2.20. The maximum Gasteiger partial charge on any atom is 0.185 e. The fraction of sp³-hybridized carbons (Fsp3) is 0.393. The summed E-state index contributed by atoms with van der Waals surface area (Å²) >= 11 is 0. The first-order valence-corrected chi connectivity index (χ1v) is 11.7. The molecule has 0 aliphatic heterocycles. The molecule has 31 heavy (non-hydrogen) atoms. The summed E-state index contributed by atoms with van der Waals surface area (Å²) in [6.45, 7) is 12.7. The van der Waals surface area contributed by atoms with Gasteiger partial charge in [-0.15, -0.1) is 0 Å². The molecule has 0 spiro atoms. The number of nitrogens with zero attached hydrogens (tertiary/aromatic N) is 2. The number of anilines is 2. The molecule has 0 atom stereocenters. The minimum absolute atomic E-state index is 0.201. The number of hydrogen-bond donors (Lipinski definition) is 0. The topological polar surface area (TPSA) is 23.6 Å². The molecule has 1 saturated carbocycles. The van der Waals surface area contributed by atoms with Crippen LogP contribution in [-0.4, -0.2) is 32.0 Å². The van der Waals surface area contributed by atoms with Crippen molar-refractivity contribution in [2.24, 2.45) is 0 Å². The summed E-state index contributed by atoms with van der Waals surface area (Å²) in [5, 5.41) is 0. The van der Waals surface area contributed by atoms with Gasteiger partial charge in [-0.2, -0.15) is 0 Å². The molecule has 1 aliphatic rings. The number of ketones is 1. The SMILES string of the molecule is CCN(CC)c1ccc(/C=C2/CCC/C(=C/c3ccc(N(CC)CC)cc3)C2=O)cc1. The second-order valence-corrected chi connectivity index (χ2v) is 8.05. The number of benzene rings is 2. The third kappa shape index (κ3) is 5.66. The van der Waals surface area contributed by atoms with E-state index in [1.807, 2.05) is 0 Å². The Hall–Kier alpha value is -2.81. The summed E-state index contributed by atoms with van der Waals surface area (Å²) in [6.07, 6.45) is 6.89. The fourth-order valence-corrected chi connectivity index (χ4v) is 4.32. The van der Waals surface area contributed by atoms with Crippen LogP contribution in [0, 0.1) is 0 Å². The smallest absolute Gasteiger partial charge is 0.185 e. The van der Waals surface area contributed by atoms with Crippen LogP contribution < -0.4 is 9.80 Å². The summed E-state index contributed by atoms with van der Waals surface area (Å²) in [6, 6.07) is 17.1. The summed E-state index contributed by atoms with van der Waals surface area (Å²) < 4.78 is 0. The van der Waals surface area contributed by atoms with Crippen LogP contribution in [0.2, 0.25) is 0 Å². The Morgan fingerprint density at radius 2 is 1.00 bits per heavy atom. The van der Waals surface area contributed by atoms with E-state index in [1.54, 1.807) is 0 Å². The van der Waals surface area contributed by atoms with Crippen molar-refractivity contribution in [2.75, 3.05) is 36.0 Å². The number of allylic oxidation sites excluding steroid dienone is 2. The highest BCUT2D eigenvalue weighted by atomic mass is 16.1. The Kier molecular flexibility index (Phi) is 8.11. The Labute approximate surface area is 188 Å². The molecule has 0 aromatic heterocycles. The largest absolute Gasteiger partial charge is 0.372 e. The van der Waals surface area contributed by atoms with Gasteiger partial charge in [0.2, 0.25) is 0 Å². The Balaban J connectivity index is 1.76. The van der Waals surface area contributed by atoms with Crippen molar-refractivity contribution in [3.8, 4) is 0 Å². The average Bonchev–Trinajstić information content (AvgIpc) is 2.80. The summed E-state index contributed by atoms with van der Waals surface area (Å²) in [5.41, 5.74) is 6.51.